The maximum atomic E-state index is 5.42. The number of nitrogens with zero attached hydrogens (tertiary/aromatic N) is 2. The Morgan fingerprint density at radius 3 is 2.05 bits per heavy atom. The molecular weight excluding hydrogens is 256 g/mol. The Hall–Kier alpha value is -1.30. The molecule has 0 N–H and O–H groups in total. The van der Waals surface area contributed by atoms with E-state index < -0.39 is 0 Å². The fraction of sp³-hybridized carbons (Fsp3) is 0.579. The van der Waals surface area contributed by atoms with E-state index >= 15 is 0 Å². The number of terminal acetylenes is 1. The SMILES string of the molecule is C#CCN1CCC2(CC1)CCN(Cc1ccccc1)CC2. The van der Waals surface area contributed by atoms with Crippen LogP contribution >= 0.6 is 0 Å². The highest BCUT2D eigenvalue weighted by atomic mass is 15.1. The van der Waals surface area contributed by atoms with Gasteiger partial charge in [0.15, 0.2) is 0 Å². The van der Waals surface area contributed by atoms with E-state index in [1.165, 1.54) is 57.4 Å². The molecule has 0 amide bonds. The van der Waals surface area contributed by atoms with Gasteiger partial charge in [-0.15, -0.1) is 6.42 Å². The molecule has 1 aromatic rings. The largest absolute Gasteiger partial charge is 0.299 e. The van der Waals surface area contributed by atoms with Crippen molar-refractivity contribution in [2.75, 3.05) is 32.7 Å². The van der Waals surface area contributed by atoms with Gasteiger partial charge in [-0.05, 0) is 62.8 Å². The smallest absolute Gasteiger partial charge is 0.0598 e. The van der Waals surface area contributed by atoms with E-state index in [-0.39, 0.29) is 0 Å². The van der Waals surface area contributed by atoms with Gasteiger partial charge in [-0.2, -0.15) is 0 Å². The number of piperidine rings is 2. The van der Waals surface area contributed by atoms with Crippen LogP contribution in [0.25, 0.3) is 0 Å². The van der Waals surface area contributed by atoms with Crippen LogP contribution in [0.5, 0.6) is 0 Å². The van der Waals surface area contributed by atoms with Crippen molar-refractivity contribution in [1.82, 2.24) is 9.80 Å². The molecular formula is C19H26N2. The van der Waals surface area contributed by atoms with Crippen LogP contribution < -0.4 is 0 Å². The van der Waals surface area contributed by atoms with Crippen LogP contribution in [0.1, 0.15) is 31.2 Å². The van der Waals surface area contributed by atoms with Gasteiger partial charge in [-0.1, -0.05) is 36.3 Å². The van der Waals surface area contributed by atoms with Crippen molar-refractivity contribution in [1.29, 1.82) is 0 Å². The number of benzene rings is 1. The highest BCUT2D eigenvalue weighted by Gasteiger charge is 2.37. The lowest BCUT2D eigenvalue weighted by atomic mass is 9.71. The summed E-state index contributed by atoms with van der Waals surface area (Å²) in [6, 6.07) is 10.9. The molecule has 0 radical (unpaired) electrons. The van der Waals surface area contributed by atoms with Crippen molar-refractivity contribution in [3.8, 4) is 12.3 Å². The minimum Gasteiger partial charge on any atom is -0.299 e. The Labute approximate surface area is 129 Å². The molecule has 21 heavy (non-hydrogen) atoms. The van der Waals surface area contributed by atoms with Gasteiger partial charge >= 0.3 is 0 Å². The van der Waals surface area contributed by atoms with Gasteiger partial charge in [-0.3, -0.25) is 9.80 Å². The predicted octanol–water partition coefficient (Wildman–Crippen LogP) is 3.00. The van der Waals surface area contributed by atoms with Crippen LogP contribution in [0.3, 0.4) is 0 Å². The van der Waals surface area contributed by atoms with Crippen LogP contribution in [0.2, 0.25) is 0 Å². The summed E-state index contributed by atoms with van der Waals surface area (Å²) in [4.78, 5) is 5.05. The topological polar surface area (TPSA) is 6.48 Å². The molecule has 3 rings (SSSR count). The molecule has 2 fully saturated rings. The normalized spacial score (nSPS) is 23.0. The molecule has 0 atom stereocenters. The first kappa shape index (κ1) is 14.6. The van der Waals surface area contributed by atoms with E-state index in [2.05, 4.69) is 46.1 Å². The minimum atomic E-state index is 0.609. The van der Waals surface area contributed by atoms with Gasteiger partial charge in [0.2, 0.25) is 0 Å². The van der Waals surface area contributed by atoms with Crippen molar-refractivity contribution in [3.63, 3.8) is 0 Å². The standard InChI is InChI=1S/C19H26N2/c1-2-12-20-13-8-19(9-14-20)10-15-21(16-11-19)17-18-6-4-3-5-7-18/h1,3-7H,8-17H2. The minimum absolute atomic E-state index is 0.609. The first-order chi connectivity index (χ1) is 10.3. The second-order valence-electron chi connectivity index (χ2n) is 6.74. The van der Waals surface area contributed by atoms with Gasteiger partial charge in [0.25, 0.3) is 0 Å². The lowest BCUT2D eigenvalue weighted by Gasteiger charge is -2.46. The van der Waals surface area contributed by atoms with Crippen molar-refractivity contribution >= 4 is 0 Å². The average Bonchev–Trinajstić information content (AvgIpc) is 2.54. The first-order valence-corrected chi connectivity index (χ1v) is 8.22. The van der Waals surface area contributed by atoms with Gasteiger partial charge in [0.1, 0.15) is 0 Å². The third-order valence-electron chi connectivity index (χ3n) is 5.40. The molecule has 112 valence electrons. The summed E-state index contributed by atoms with van der Waals surface area (Å²) in [5.41, 5.74) is 2.05. The molecule has 0 aromatic heterocycles. The van der Waals surface area contributed by atoms with E-state index in [0.717, 1.165) is 13.1 Å². The molecule has 2 aliphatic rings. The van der Waals surface area contributed by atoms with Crippen LogP contribution in [0.4, 0.5) is 0 Å². The van der Waals surface area contributed by atoms with Gasteiger partial charge in [0.05, 0.1) is 6.54 Å². The Balaban J connectivity index is 1.48. The lowest BCUT2D eigenvalue weighted by Crippen LogP contribution is -2.46. The molecule has 0 unspecified atom stereocenters. The molecule has 0 aliphatic carbocycles. The summed E-state index contributed by atoms with van der Waals surface area (Å²) in [5, 5.41) is 0. The molecule has 2 nitrogen and oxygen atoms in total. The van der Waals surface area contributed by atoms with Crippen LogP contribution in [-0.4, -0.2) is 42.5 Å². The van der Waals surface area contributed by atoms with Crippen molar-refractivity contribution in [2.45, 2.75) is 32.2 Å². The maximum absolute atomic E-state index is 5.42. The predicted molar refractivity (Wildman–Crippen MR) is 87.9 cm³/mol. The van der Waals surface area contributed by atoms with Crippen LogP contribution in [0, 0.1) is 17.8 Å². The lowest BCUT2D eigenvalue weighted by molar-refractivity contribution is 0.0365. The van der Waals surface area contributed by atoms with Crippen molar-refractivity contribution in [2.24, 2.45) is 5.41 Å². The molecule has 2 heterocycles. The molecule has 1 aromatic carbocycles. The fourth-order valence-electron chi connectivity index (χ4n) is 3.84. The quantitative estimate of drug-likeness (QED) is 0.786. The Morgan fingerprint density at radius 2 is 1.48 bits per heavy atom. The number of rotatable bonds is 3. The van der Waals surface area contributed by atoms with Crippen LogP contribution in [-0.2, 0) is 6.54 Å². The Kier molecular flexibility index (Phi) is 4.63. The maximum Gasteiger partial charge on any atom is 0.0598 e. The monoisotopic (exact) mass is 282 g/mol. The van der Waals surface area contributed by atoms with Gasteiger partial charge in [-0.25, -0.2) is 0 Å². The zero-order valence-corrected chi connectivity index (χ0v) is 12.9. The summed E-state index contributed by atoms with van der Waals surface area (Å²) in [6.45, 7) is 6.84. The summed E-state index contributed by atoms with van der Waals surface area (Å²) >= 11 is 0. The first-order valence-electron chi connectivity index (χ1n) is 8.22. The zero-order valence-electron chi connectivity index (χ0n) is 12.9. The average molecular weight is 282 g/mol. The van der Waals surface area contributed by atoms with Crippen molar-refractivity contribution in [3.05, 3.63) is 35.9 Å². The third kappa shape index (κ3) is 3.67. The zero-order chi connectivity index (χ0) is 14.5. The summed E-state index contributed by atoms with van der Waals surface area (Å²) in [6.07, 6.45) is 10.8. The number of hydrogen-bond acceptors (Lipinski definition) is 2. The van der Waals surface area contributed by atoms with Gasteiger partial charge < -0.3 is 0 Å². The number of hydrogen-bond donors (Lipinski definition) is 0. The molecule has 2 aliphatic heterocycles. The van der Waals surface area contributed by atoms with Crippen molar-refractivity contribution < 1.29 is 0 Å². The van der Waals surface area contributed by atoms with E-state index in [1.807, 2.05) is 0 Å². The fourth-order valence-corrected chi connectivity index (χ4v) is 3.84. The molecule has 0 bridgehead atoms. The van der Waals surface area contributed by atoms with E-state index in [4.69, 9.17) is 6.42 Å². The van der Waals surface area contributed by atoms with E-state index in [1.54, 1.807) is 0 Å². The molecule has 0 saturated carbocycles. The Morgan fingerprint density at radius 1 is 0.905 bits per heavy atom. The summed E-state index contributed by atoms with van der Waals surface area (Å²) in [5.74, 6) is 2.78. The highest BCUT2D eigenvalue weighted by molar-refractivity contribution is 5.14. The second-order valence-corrected chi connectivity index (χ2v) is 6.74. The van der Waals surface area contributed by atoms with E-state index in [9.17, 15) is 0 Å². The third-order valence-corrected chi connectivity index (χ3v) is 5.40. The molecule has 2 saturated heterocycles. The second kappa shape index (κ2) is 6.64. The Bertz CT molecular complexity index is 470. The number of likely N-dealkylation sites (tertiary alicyclic amines) is 2. The highest BCUT2D eigenvalue weighted by Crippen LogP contribution is 2.41. The molecule has 1 spiro atoms. The molecule has 2 heteroatoms. The summed E-state index contributed by atoms with van der Waals surface area (Å²) < 4.78 is 0. The summed E-state index contributed by atoms with van der Waals surface area (Å²) in [7, 11) is 0. The van der Waals surface area contributed by atoms with Crippen LogP contribution in [0.15, 0.2) is 30.3 Å². The van der Waals surface area contributed by atoms with E-state index in [0.29, 0.717) is 5.41 Å². The van der Waals surface area contributed by atoms with Gasteiger partial charge in [0, 0.05) is 6.54 Å².